The van der Waals surface area contributed by atoms with E-state index in [1.54, 1.807) is 6.92 Å². The zero-order valence-electron chi connectivity index (χ0n) is 15.8. The van der Waals surface area contributed by atoms with Crippen molar-refractivity contribution >= 4 is 33.1 Å². The van der Waals surface area contributed by atoms with Crippen LogP contribution in [0.25, 0.3) is 10.2 Å². The van der Waals surface area contributed by atoms with Crippen LogP contribution in [0.2, 0.25) is 0 Å². The van der Waals surface area contributed by atoms with Crippen LogP contribution in [-0.4, -0.2) is 48.0 Å². The zero-order chi connectivity index (χ0) is 19.6. The van der Waals surface area contributed by atoms with E-state index in [4.69, 9.17) is 4.74 Å². The van der Waals surface area contributed by atoms with E-state index in [0.717, 1.165) is 12.1 Å². The Morgan fingerprint density at radius 2 is 2.11 bits per heavy atom. The molecule has 0 fully saturated rings. The summed E-state index contributed by atoms with van der Waals surface area (Å²) in [5, 5.41) is 3.38. The number of benzene rings is 1. The Labute approximate surface area is 161 Å². The highest BCUT2D eigenvalue weighted by Gasteiger charge is 2.19. The molecule has 0 radical (unpaired) electrons. The fourth-order valence-electron chi connectivity index (χ4n) is 2.68. The summed E-state index contributed by atoms with van der Waals surface area (Å²) in [4.78, 5) is 34.6. The molecule has 0 saturated carbocycles. The minimum Gasteiger partial charge on any atom is -0.490 e. The molecule has 0 unspecified atom stereocenters. The number of rotatable bonds is 6. The largest absolute Gasteiger partial charge is 0.490 e. The number of nitrogens with one attached hydrogen (secondary N) is 2. The Bertz CT molecular complexity index is 1040. The van der Waals surface area contributed by atoms with Crippen LogP contribution in [0.3, 0.4) is 0 Å². The number of likely N-dealkylation sites (N-methyl/N-ethyl adjacent to an activating group) is 1. The van der Waals surface area contributed by atoms with Gasteiger partial charge in [0.15, 0.2) is 0 Å². The molecule has 0 spiro atoms. The van der Waals surface area contributed by atoms with Gasteiger partial charge in [-0.15, -0.1) is 11.3 Å². The molecule has 0 aliphatic heterocycles. The van der Waals surface area contributed by atoms with Gasteiger partial charge in [0, 0.05) is 6.54 Å². The predicted molar refractivity (Wildman–Crippen MR) is 108 cm³/mol. The van der Waals surface area contributed by atoms with Gasteiger partial charge >= 0.3 is 0 Å². The summed E-state index contributed by atoms with van der Waals surface area (Å²) < 4.78 is 5.83. The first-order valence-corrected chi connectivity index (χ1v) is 9.34. The van der Waals surface area contributed by atoms with Gasteiger partial charge in [-0.3, -0.25) is 9.59 Å². The molecule has 2 N–H and O–H groups in total. The molecule has 1 amide bonds. The third-order valence-corrected chi connectivity index (χ3v) is 5.32. The van der Waals surface area contributed by atoms with Crippen LogP contribution in [0.4, 0.5) is 5.69 Å². The lowest BCUT2D eigenvalue weighted by Gasteiger charge is -2.15. The molecule has 3 rings (SSSR count). The monoisotopic (exact) mass is 386 g/mol. The van der Waals surface area contributed by atoms with Crippen LogP contribution < -0.4 is 15.6 Å². The van der Waals surface area contributed by atoms with Crippen LogP contribution in [0.15, 0.2) is 29.3 Å². The highest BCUT2D eigenvalue weighted by molar-refractivity contribution is 7.20. The van der Waals surface area contributed by atoms with Gasteiger partial charge in [0.2, 0.25) is 0 Å². The molecule has 0 bridgehead atoms. The number of ether oxygens (including phenoxy) is 1. The molecule has 27 heavy (non-hydrogen) atoms. The number of aromatic nitrogens is 2. The standard InChI is InChI=1S/C19H22N4O3S/c1-11-5-6-14(26-8-7-23(3)4)13(9-11)22-18(25)16-12(2)15-17(24)20-10-21-19(15)27-16/h5-6,9-10H,7-8H2,1-4H3,(H,22,25)(H,20,21,24). The second-order valence-corrected chi connectivity index (χ2v) is 7.57. The van der Waals surface area contributed by atoms with E-state index in [1.807, 2.05) is 44.1 Å². The minimum atomic E-state index is -0.280. The summed E-state index contributed by atoms with van der Waals surface area (Å²) in [5.41, 5.74) is 2.01. The van der Waals surface area contributed by atoms with Crippen molar-refractivity contribution in [3.05, 3.63) is 50.9 Å². The normalized spacial score (nSPS) is 11.1. The molecule has 1 aromatic carbocycles. The summed E-state index contributed by atoms with van der Waals surface area (Å²) >= 11 is 1.21. The second-order valence-electron chi connectivity index (χ2n) is 6.57. The number of aryl methyl sites for hydroxylation is 2. The van der Waals surface area contributed by atoms with Crippen molar-refractivity contribution in [3.8, 4) is 5.75 Å². The quantitative estimate of drug-likeness (QED) is 0.680. The van der Waals surface area contributed by atoms with Crippen molar-refractivity contribution in [3.63, 3.8) is 0 Å². The minimum absolute atomic E-state index is 0.240. The molecule has 2 heterocycles. The number of fused-ring (bicyclic) bond motifs is 1. The van der Waals surface area contributed by atoms with Gasteiger partial charge < -0.3 is 19.9 Å². The topological polar surface area (TPSA) is 87.3 Å². The van der Waals surface area contributed by atoms with E-state index in [1.165, 1.54) is 17.7 Å². The number of anilines is 1. The number of thiophene rings is 1. The number of hydrogen-bond donors (Lipinski definition) is 2. The van der Waals surface area contributed by atoms with E-state index in [9.17, 15) is 9.59 Å². The maximum absolute atomic E-state index is 12.9. The average Bonchev–Trinajstić information content (AvgIpc) is 2.95. The number of carbonyl (C=O) groups excluding carboxylic acids is 1. The van der Waals surface area contributed by atoms with E-state index in [0.29, 0.717) is 38.7 Å². The first-order valence-electron chi connectivity index (χ1n) is 8.53. The van der Waals surface area contributed by atoms with Crippen LogP contribution in [0, 0.1) is 13.8 Å². The zero-order valence-corrected chi connectivity index (χ0v) is 16.6. The molecular formula is C19H22N4O3S. The molecule has 8 heteroatoms. The summed E-state index contributed by atoms with van der Waals surface area (Å²) in [6.45, 7) is 4.99. The lowest BCUT2D eigenvalue weighted by atomic mass is 10.2. The Balaban J connectivity index is 1.88. The fraction of sp³-hybridized carbons (Fsp3) is 0.316. The number of aromatic amines is 1. The van der Waals surface area contributed by atoms with Crippen molar-refractivity contribution in [2.75, 3.05) is 32.6 Å². The van der Waals surface area contributed by atoms with Gasteiger partial charge in [0.1, 0.15) is 17.2 Å². The lowest BCUT2D eigenvalue weighted by molar-refractivity contribution is 0.102. The van der Waals surface area contributed by atoms with Crippen LogP contribution in [0.5, 0.6) is 5.75 Å². The summed E-state index contributed by atoms with van der Waals surface area (Å²) in [6, 6.07) is 5.66. The molecule has 7 nitrogen and oxygen atoms in total. The van der Waals surface area contributed by atoms with E-state index < -0.39 is 0 Å². The van der Waals surface area contributed by atoms with Crippen LogP contribution in [0.1, 0.15) is 20.8 Å². The maximum atomic E-state index is 12.9. The van der Waals surface area contributed by atoms with E-state index >= 15 is 0 Å². The summed E-state index contributed by atoms with van der Waals surface area (Å²) in [6.07, 6.45) is 1.35. The van der Waals surface area contributed by atoms with Gasteiger partial charge in [-0.05, 0) is 51.2 Å². The van der Waals surface area contributed by atoms with Gasteiger partial charge in [-0.1, -0.05) is 6.07 Å². The van der Waals surface area contributed by atoms with Crippen LogP contribution in [-0.2, 0) is 0 Å². The molecule has 0 aliphatic carbocycles. The Kier molecular flexibility index (Phi) is 5.57. The van der Waals surface area contributed by atoms with Gasteiger partial charge in [0.05, 0.1) is 22.3 Å². The summed E-state index contributed by atoms with van der Waals surface area (Å²) in [5.74, 6) is 0.337. The smallest absolute Gasteiger partial charge is 0.266 e. The Hall–Kier alpha value is -2.71. The molecular weight excluding hydrogens is 364 g/mol. The fourth-order valence-corrected chi connectivity index (χ4v) is 3.72. The number of carbonyl (C=O) groups is 1. The highest BCUT2D eigenvalue weighted by Crippen LogP contribution is 2.30. The lowest BCUT2D eigenvalue weighted by Crippen LogP contribution is -2.20. The SMILES string of the molecule is Cc1ccc(OCCN(C)C)c(NC(=O)c2sc3nc[nH]c(=O)c3c2C)c1. The van der Waals surface area contributed by atoms with Crippen molar-refractivity contribution in [2.24, 2.45) is 0 Å². The summed E-state index contributed by atoms with van der Waals surface area (Å²) in [7, 11) is 3.95. The van der Waals surface area contributed by atoms with Gasteiger partial charge in [-0.2, -0.15) is 0 Å². The molecule has 0 aliphatic rings. The molecule has 0 saturated heterocycles. The number of hydrogen-bond acceptors (Lipinski definition) is 6. The Morgan fingerprint density at radius 3 is 2.81 bits per heavy atom. The predicted octanol–water partition coefficient (Wildman–Crippen LogP) is 2.79. The first kappa shape index (κ1) is 19.1. The van der Waals surface area contributed by atoms with Crippen molar-refractivity contribution in [1.29, 1.82) is 0 Å². The van der Waals surface area contributed by atoms with E-state index in [-0.39, 0.29) is 11.5 Å². The third-order valence-electron chi connectivity index (χ3n) is 4.12. The van der Waals surface area contributed by atoms with E-state index in [2.05, 4.69) is 15.3 Å². The highest BCUT2D eigenvalue weighted by atomic mass is 32.1. The molecule has 2 aromatic heterocycles. The maximum Gasteiger partial charge on any atom is 0.266 e. The van der Waals surface area contributed by atoms with Crippen LogP contribution >= 0.6 is 11.3 Å². The molecule has 0 atom stereocenters. The second kappa shape index (κ2) is 7.89. The third kappa shape index (κ3) is 4.17. The number of nitrogens with zero attached hydrogens (tertiary/aromatic N) is 2. The average molecular weight is 386 g/mol. The molecule has 3 aromatic rings. The first-order chi connectivity index (χ1) is 12.9. The van der Waals surface area contributed by atoms with Crippen molar-refractivity contribution in [1.82, 2.24) is 14.9 Å². The van der Waals surface area contributed by atoms with Gasteiger partial charge in [0.25, 0.3) is 11.5 Å². The number of amides is 1. The van der Waals surface area contributed by atoms with Gasteiger partial charge in [-0.25, -0.2) is 4.98 Å². The Morgan fingerprint density at radius 1 is 1.33 bits per heavy atom. The molecule has 142 valence electrons. The number of H-pyrrole nitrogens is 1. The van der Waals surface area contributed by atoms with Crippen molar-refractivity contribution < 1.29 is 9.53 Å². The van der Waals surface area contributed by atoms with Crippen molar-refractivity contribution in [2.45, 2.75) is 13.8 Å².